The second-order valence-corrected chi connectivity index (χ2v) is 17.6. The maximum Gasteiger partial charge on any atom is 0.509 e. The van der Waals surface area contributed by atoms with Crippen LogP contribution in [0.2, 0.25) is 0 Å². The van der Waals surface area contributed by atoms with E-state index in [4.69, 9.17) is 42.6 Å². The third-order valence-electron chi connectivity index (χ3n) is 13.4. The minimum Gasteiger partial charge on any atom is -0.458 e. The van der Waals surface area contributed by atoms with Crippen LogP contribution >= 0.6 is 0 Å². The number of ketones is 1. The van der Waals surface area contributed by atoms with Gasteiger partial charge in [-0.15, -0.1) is 0 Å². The van der Waals surface area contributed by atoms with Gasteiger partial charge in [0.05, 0.1) is 23.5 Å². The maximum atomic E-state index is 16.0. The Hall–Kier alpha value is -6.81. The zero-order valence-electron chi connectivity index (χ0n) is 36.7. The number of esters is 5. The zero-order valence-corrected chi connectivity index (χ0v) is 36.7. The molecule has 2 bridgehead atoms. The van der Waals surface area contributed by atoms with Crippen LogP contribution < -0.4 is 4.74 Å². The molecular formula is C49H48O16. The van der Waals surface area contributed by atoms with Gasteiger partial charge in [0.1, 0.15) is 23.7 Å². The van der Waals surface area contributed by atoms with Crippen LogP contribution in [0.5, 0.6) is 11.5 Å². The number of ether oxygens (including phenoxy) is 9. The summed E-state index contributed by atoms with van der Waals surface area (Å²) in [5, 5.41) is 0. The SMILES string of the molecule is CC(=O)O[C@H]1C(=O)[C@]2(C)[C@@H](OC(=O)/C=C/c3ccc(Oc4ccccc4)cc3)C[C@H]3OC[C@@]3(OC(C)=O)[C@H]2[C@H](OC(=O)c2ccccc2)[C@]23OC(=O)O[C@H]2[C@H](OC(C)=O)C(C)=C1C3(C)C. The minimum absolute atomic E-state index is 0.0529. The molecule has 16 nitrogen and oxygen atoms in total. The number of carbonyl (C=O) groups is 7. The third kappa shape index (κ3) is 7.42. The molecule has 2 aliphatic heterocycles. The van der Waals surface area contributed by atoms with Crippen molar-refractivity contribution in [3.8, 4) is 11.5 Å². The first-order valence-electron chi connectivity index (χ1n) is 21.1. The van der Waals surface area contributed by atoms with Crippen molar-refractivity contribution in [3.05, 3.63) is 113 Å². The molecule has 0 N–H and O–H groups in total. The van der Waals surface area contributed by atoms with Crippen LogP contribution in [0, 0.1) is 16.7 Å². The molecule has 0 radical (unpaired) electrons. The molecule has 2 saturated carbocycles. The highest BCUT2D eigenvalue weighted by Gasteiger charge is 2.83. The fourth-order valence-corrected chi connectivity index (χ4v) is 10.7. The number of fused-ring (bicyclic) bond motifs is 4. The average molecular weight is 893 g/mol. The molecule has 0 aromatic heterocycles. The fourth-order valence-electron chi connectivity index (χ4n) is 10.7. The molecule has 4 fully saturated rings. The van der Waals surface area contributed by atoms with Crippen molar-refractivity contribution in [2.24, 2.45) is 16.7 Å². The smallest absolute Gasteiger partial charge is 0.458 e. The van der Waals surface area contributed by atoms with Crippen molar-refractivity contribution >= 4 is 47.9 Å². The van der Waals surface area contributed by atoms with Gasteiger partial charge in [-0.3, -0.25) is 19.2 Å². The monoisotopic (exact) mass is 892 g/mol. The molecule has 1 spiro atoms. The molecule has 0 unspecified atom stereocenters. The first-order valence-corrected chi connectivity index (χ1v) is 21.1. The van der Waals surface area contributed by atoms with Crippen LogP contribution in [0.4, 0.5) is 4.79 Å². The lowest BCUT2D eigenvalue weighted by Gasteiger charge is -2.67. The quantitative estimate of drug-likeness (QED) is 0.0931. The standard InChI is InChI=1S/C49H48O16/c1-26-37-39(59-28(3)51)41(54)47(7)34(61-36(53)23-20-30-18-21-33(22-19-30)60-32-16-12-9-13-17-32)24-35-48(25-57-35,64-29(4)52)40(47)43(62-44(55)31-14-10-8-11-15-31)49(46(37,5)6)42(63-45(56)65-49)38(26)58-27(2)50/h8-23,34-35,38-40,42-43H,24-25H2,1-7H3/b23-20+/t34-,35+,38+,39+,40-,42-,43-,47+,48-,49+/m0/s1. The Labute approximate surface area is 374 Å². The molecule has 3 aliphatic carbocycles. The molecule has 340 valence electrons. The lowest BCUT2D eigenvalue weighted by molar-refractivity contribution is -0.346. The van der Waals surface area contributed by atoms with Crippen LogP contribution in [0.3, 0.4) is 0 Å². The lowest BCUT2D eigenvalue weighted by atomic mass is 9.44. The Morgan fingerprint density at radius 3 is 1.98 bits per heavy atom. The molecule has 0 amide bonds. The summed E-state index contributed by atoms with van der Waals surface area (Å²) in [6, 6.07) is 23.9. The number of rotatable bonds is 10. The summed E-state index contributed by atoms with van der Waals surface area (Å²) in [6.07, 6.45) is -8.08. The topological polar surface area (TPSA) is 203 Å². The minimum atomic E-state index is -2.25. The van der Waals surface area contributed by atoms with Crippen molar-refractivity contribution in [2.75, 3.05) is 6.61 Å². The van der Waals surface area contributed by atoms with E-state index in [-0.39, 0.29) is 29.7 Å². The molecule has 8 rings (SSSR count). The normalized spacial score (nSPS) is 31.8. The highest BCUT2D eigenvalue weighted by atomic mass is 16.8. The molecule has 16 heteroatoms. The molecule has 2 saturated heterocycles. The van der Waals surface area contributed by atoms with Crippen LogP contribution in [0.15, 0.2) is 102 Å². The van der Waals surface area contributed by atoms with Gasteiger partial charge in [0.25, 0.3) is 0 Å². The van der Waals surface area contributed by atoms with Crippen LogP contribution in [0.1, 0.15) is 70.8 Å². The number of Topliss-reactive ketones (excluding diaryl/α,β-unsaturated/α-hetero) is 1. The number of hydrogen-bond acceptors (Lipinski definition) is 16. The second-order valence-electron chi connectivity index (χ2n) is 17.6. The van der Waals surface area contributed by atoms with Gasteiger partial charge < -0.3 is 42.6 Å². The first kappa shape index (κ1) is 44.8. The van der Waals surface area contributed by atoms with Gasteiger partial charge in [0.2, 0.25) is 5.60 Å². The van der Waals surface area contributed by atoms with Crippen molar-refractivity contribution in [3.63, 3.8) is 0 Å². The van der Waals surface area contributed by atoms with E-state index in [9.17, 15) is 28.8 Å². The Morgan fingerprint density at radius 1 is 0.754 bits per heavy atom. The van der Waals surface area contributed by atoms with Crippen molar-refractivity contribution < 1.29 is 76.2 Å². The highest BCUT2D eigenvalue weighted by molar-refractivity contribution is 5.96. The summed E-state index contributed by atoms with van der Waals surface area (Å²) in [6.45, 7) is 9.22. The van der Waals surface area contributed by atoms with E-state index >= 15 is 4.79 Å². The average Bonchev–Trinajstić information content (AvgIpc) is 3.62. The molecule has 2 heterocycles. The molecular weight excluding hydrogens is 845 g/mol. The second kappa shape index (κ2) is 16.6. The fraction of sp³-hybridized carbons (Fsp3) is 0.408. The number of carbonyl (C=O) groups excluding carboxylic acids is 7. The Morgan fingerprint density at radius 2 is 1.38 bits per heavy atom. The lowest BCUT2D eigenvalue weighted by Crippen LogP contribution is -2.83. The predicted octanol–water partition coefficient (Wildman–Crippen LogP) is 6.43. The van der Waals surface area contributed by atoms with Gasteiger partial charge in [-0.25, -0.2) is 14.4 Å². The Balaban J connectivity index is 1.31. The van der Waals surface area contributed by atoms with Crippen molar-refractivity contribution in [1.82, 2.24) is 0 Å². The summed E-state index contributed by atoms with van der Waals surface area (Å²) in [4.78, 5) is 97.8. The zero-order chi connectivity index (χ0) is 46.6. The van der Waals surface area contributed by atoms with E-state index in [2.05, 4.69) is 0 Å². The first-order chi connectivity index (χ1) is 30.8. The summed E-state index contributed by atoms with van der Waals surface area (Å²) < 4.78 is 55.2. The summed E-state index contributed by atoms with van der Waals surface area (Å²) in [5.41, 5.74) is -6.98. The van der Waals surface area contributed by atoms with Crippen LogP contribution in [-0.2, 0) is 61.9 Å². The molecule has 3 aromatic rings. The van der Waals surface area contributed by atoms with Gasteiger partial charge >= 0.3 is 36.0 Å². The Bertz CT molecular complexity index is 2490. The van der Waals surface area contributed by atoms with Crippen LogP contribution in [0.25, 0.3) is 6.08 Å². The Kier molecular flexibility index (Phi) is 11.5. The molecule has 65 heavy (non-hydrogen) atoms. The van der Waals surface area contributed by atoms with Gasteiger partial charge in [0.15, 0.2) is 35.8 Å². The number of para-hydroxylation sites is 1. The van der Waals surface area contributed by atoms with Gasteiger partial charge in [0, 0.05) is 38.7 Å². The van der Waals surface area contributed by atoms with E-state index in [1.165, 1.54) is 38.1 Å². The summed E-state index contributed by atoms with van der Waals surface area (Å²) >= 11 is 0. The van der Waals surface area contributed by atoms with E-state index in [1.807, 2.05) is 30.3 Å². The molecule has 5 aliphatic rings. The van der Waals surface area contributed by atoms with Gasteiger partial charge in [-0.05, 0) is 73.0 Å². The molecule has 10 atom stereocenters. The van der Waals surface area contributed by atoms with E-state index < -0.39 is 106 Å². The maximum absolute atomic E-state index is 16.0. The third-order valence-corrected chi connectivity index (χ3v) is 13.4. The largest absolute Gasteiger partial charge is 0.509 e. The van der Waals surface area contributed by atoms with Crippen molar-refractivity contribution in [2.45, 2.75) is 103 Å². The van der Waals surface area contributed by atoms with E-state index in [0.29, 0.717) is 17.1 Å². The molecule has 3 aromatic carbocycles. The van der Waals surface area contributed by atoms with Crippen LogP contribution in [-0.4, -0.2) is 96.2 Å². The highest BCUT2D eigenvalue weighted by Crippen LogP contribution is 2.67. The van der Waals surface area contributed by atoms with E-state index in [0.717, 1.165) is 20.8 Å². The van der Waals surface area contributed by atoms with Crippen molar-refractivity contribution in [1.29, 1.82) is 0 Å². The summed E-state index contributed by atoms with van der Waals surface area (Å²) in [5.74, 6) is -5.59. The summed E-state index contributed by atoms with van der Waals surface area (Å²) in [7, 11) is 0. The van der Waals surface area contributed by atoms with Gasteiger partial charge in [-0.2, -0.15) is 0 Å². The van der Waals surface area contributed by atoms with E-state index in [1.54, 1.807) is 56.3 Å². The predicted molar refractivity (Wildman–Crippen MR) is 225 cm³/mol. The van der Waals surface area contributed by atoms with Gasteiger partial charge in [-0.1, -0.05) is 62.4 Å². The number of benzene rings is 3. The number of hydrogen-bond donors (Lipinski definition) is 0.